The topological polar surface area (TPSA) is 77.5 Å². The minimum absolute atomic E-state index is 0.191. The zero-order valence-corrected chi connectivity index (χ0v) is 16.7. The van der Waals surface area contributed by atoms with Gasteiger partial charge in [0.15, 0.2) is 19.0 Å². The number of rotatable bonds is 6. The van der Waals surface area contributed by atoms with Crippen LogP contribution in [0.1, 0.15) is 5.69 Å². The lowest BCUT2D eigenvalue weighted by Crippen LogP contribution is -2.23. The van der Waals surface area contributed by atoms with Crippen molar-refractivity contribution in [1.82, 2.24) is 4.98 Å². The van der Waals surface area contributed by atoms with Crippen molar-refractivity contribution in [2.75, 3.05) is 18.5 Å². The predicted molar refractivity (Wildman–Crippen MR) is 108 cm³/mol. The van der Waals surface area contributed by atoms with Gasteiger partial charge >= 0.3 is 5.97 Å². The molecule has 0 radical (unpaired) electrons. The van der Waals surface area contributed by atoms with Crippen LogP contribution in [-0.2, 0) is 14.3 Å². The molecule has 6 nitrogen and oxygen atoms in total. The van der Waals surface area contributed by atoms with E-state index in [1.807, 2.05) is 0 Å². The number of nitrogens with zero attached hydrogens (tertiary/aromatic N) is 1. The summed E-state index contributed by atoms with van der Waals surface area (Å²) in [6, 6.07) is 10.4. The van der Waals surface area contributed by atoms with Crippen LogP contribution in [0.15, 0.2) is 42.5 Å². The summed E-state index contributed by atoms with van der Waals surface area (Å²) in [6.45, 7) is 0.758. The summed E-state index contributed by atoms with van der Waals surface area (Å²) in [5.74, 6) is -1.71. The van der Waals surface area contributed by atoms with E-state index >= 15 is 0 Å². The fraction of sp³-hybridized carbons (Fsp3) is 0.150. The van der Waals surface area contributed by atoms with Crippen molar-refractivity contribution < 1.29 is 23.5 Å². The number of carbonyl (C=O) groups is 2. The standard InChI is InChI=1S/C20H15Cl2FN2O4/c1-11-5-6-14-15(21)8-16(22)20(19(14)24-11)29-10-18(27)28-9-17(26)25-13-4-2-3-12(23)7-13/h2-8H,9-10H2,1H3,(H,25,26). The summed E-state index contributed by atoms with van der Waals surface area (Å²) in [5, 5.41) is 3.64. The van der Waals surface area contributed by atoms with Gasteiger partial charge in [-0.2, -0.15) is 0 Å². The average molecular weight is 437 g/mol. The molecule has 0 saturated heterocycles. The first-order chi connectivity index (χ1) is 13.8. The summed E-state index contributed by atoms with van der Waals surface area (Å²) in [7, 11) is 0. The van der Waals surface area contributed by atoms with Gasteiger partial charge in [0.25, 0.3) is 5.91 Å². The highest BCUT2D eigenvalue weighted by Crippen LogP contribution is 2.37. The quantitative estimate of drug-likeness (QED) is 0.573. The van der Waals surface area contributed by atoms with E-state index in [0.717, 1.165) is 11.8 Å². The molecule has 0 saturated carbocycles. The smallest absolute Gasteiger partial charge is 0.344 e. The lowest BCUT2D eigenvalue weighted by Gasteiger charge is -2.12. The number of anilines is 1. The summed E-state index contributed by atoms with van der Waals surface area (Å²) >= 11 is 12.3. The number of hydrogen-bond acceptors (Lipinski definition) is 5. The molecule has 0 atom stereocenters. The first kappa shape index (κ1) is 20.8. The Hall–Kier alpha value is -2.90. The van der Waals surface area contributed by atoms with Gasteiger partial charge in [-0.05, 0) is 43.3 Å². The van der Waals surface area contributed by atoms with Crippen LogP contribution < -0.4 is 10.1 Å². The van der Waals surface area contributed by atoms with Crippen LogP contribution in [0.4, 0.5) is 10.1 Å². The van der Waals surface area contributed by atoms with Crippen molar-refractivity contribution in [2.45, 2.75) is 6.92 Å². The largest absolute Gasteiger partial charge is 0.478 e. The van der Waals surface area contributed by atoms with E-state index in [4.69, 9.17) is 32.7 Å². The van der Waals surface area contributed by atoms with E-state index < -0.39 is 30.9 Å². The number of pyridine rings is 1. The summed E-state index contributed by atoms with van der Waals surface area (Å²) < 4.78 is 23.5. The molecular formula is C20H15Cl2FN2O4. The zero-order valence-electron chi connectivity index (χ0n) is 15.2. The second kappa shape index (κ2) is 9.07. The number of ether oxygens (including phenoxy) is 2. The molecular weight excluding hydrogens is 422 g/mol. The molecule has 0 fully saturated rings. The van der Waals surface area contributed by atoms with E-state index in [9.17, 15) is 14.0 Å². The van der Waals surface area contributed by atoms with Gasteiger partial charge in [0.1, 0.15) is 11.3 Å². The molecule has 150 valence electrons. The Kier molecular flexibility index (Phi) is 6.51. The minimum atomic E-state index is -0.786. The molecule has 9 heteroatoms. The number of hydrogen-bond donors (Lipinski definition) is 1. The van der Waals surface area contributed by atoms with E-state index in [2.05, 4.69) is 10.3 Å². The molecule has 29 heavy (non-hydrogen) atoms. The van der Waals surface area contributed by atoms with Crippen LogP contribution in [0.2, 0.25) is 10.0 Å². The SMILES string of the molecule is Cc1ccc2c(Cl)cc(Cl)c(OCC(=O)OCC(=O)Nc3cccc(F)c3)c2n1. The third kappa shape index (κ3) is 5.34. The van der Waals surface area contributed by atoms with Crippen LogP contribution in [0.5, 0.6) is 5.75 Å². The first-order valence-electron chi connectivity index (χ1n) is 8.42. The van der Waals surface area contributed by atoms with Gasteiger partial charge in [-0.1, -0.05) is 29.3 Å². The fourth-order valence-corrected chi connectivity index (χ4v) is 3.08. The Morgan fingerprint density at radius 3 is 2.66 bits per heavy atom. The van der Waals surface area contributed by atoms with Crippen LogP contribution in [0, 0.1) is 12.7 Å². The molecule has 1 amide bonds. The first-order valence-corrected chi connectivity index (χ1v) is 9.18. The number of aromatic nitrogens is 1. The Labute approximate surface area is 175 Å². The Bertz CT molecular complexity index is 1090. The summed E-state index contributed by atoms with van der Waals surface area (Å²) in [6.07, 6.45) is 0. The van der Waals surface area contributed by atoms with Crippen molar-refractivity contribution in [2.24, 2.45) is 0 Å². The molecule has 0 aliphatic heterocycles. The third-order valence-corrected chi connectivity index (χ3v) is 4.38. The molecule has 3 aromatic rings. The number of carbonyl (C=O) groups excluding carboxylic acids is 2. The van der Waals surface area contributed by atoms with E-state index in [-0.39, 0.29) is 16.5 Å². The van der Waals surface area contributed by atoms with Gasteiger partial charge in [0, 0.05) is 16.8 Å². The van der Waals surface area contributed by atoms with Crippen LogP contribution >= 0.6 is 23.2 Å². The molecule has 0 aliphatic rings. The Morgan fingerprint density at radius 2 is 1.90 bits per heavy atom. The van der Waals surface area contributed by atoms with Crippen molar-refractivity contribution >= 4 is 51.7 Å². The van der Waals surface area contributed by atoms with E-state index in [0.29, 0.717) is 15.9 Å². The normalized spacial score (nSPS) is 10.6. The Balaban J connectivity index is 1.59. The molecule has 0 unspecified atom stereocenters. The number of esters is 1. The molecule has 2 aromatic carbocycles. The number of aryl methyl sites for hydroxylation is 1. The van der Waals surface area contributed by atoms with Gasteiger partial charge in [-0.3, -0.25) is 4.79 Å². The molecule has 1 aromatic heterocycles. The highest BCUT2D eigenvalue weighted by atomic mass is 35.5. The molecule has 3 rings (SSSR count). The van der Waals surface area contributed by atoms with E-state index in [1.165, 1.54) is 24.3 Å². The second-order valence-corrected chi connectivity index (χ2v) is 6.84. The van der Waals surface area contributed by atoms with Gasteiger partial charge < -0.3 is 14.8 Å². The average Bonchev–Trinajstić information content (AvgIpc) is 2.66. The summed E-state index contributed by atoms with van der Waals surface area (Å²) in [5.41, 5.74) is 1.39. The van der Waals surface area contributed by atoms with Crippen LogP contribution in [-0.4, -0.2) is 30.1 Å². The van der Waals surface area contributed by atoms with Crippen molar-refractivity contribution in [1.29, 1.82) is 0 Å². The maximum atomic E-state index is 13.1. The number of nitrogens with one attached hydrogen (secondary N) is 1. The van der Waals surface area contributed by atoms with Gasteiger partial charge in [-0.25, -0.2) is 14.2 Å². The van der Waals surface area contributed by atoms with Crippen molar-refractivity contribution in [3.8, 4) is 5.75 Å². The number of halogens is 3. The summed E-state index contributed by atoms with van der Waals surface area (Å²) in [4.78, 5) is 28.1. The number of amides is 1. The van der Waals surface area contributed by atoms with Gasteiger partial charge in [0.2, 0.25) is 0 Å². The van der Waals surface area contributed by atoms with Crippen LogP contribution in [0.25, 0.3) is 10.9 Å². The predicted octanol–water partition coefficient (Wildman–Crippen LogP) is 4.55. The molecule has 0 bridgehead atoms. The highest BCUT2D eigenvalue weighted by molar-refractivity contribution is 6.39. The van der Waals surface area contributed by atoms with Gasteiger partial charge in [-0.15, -0.1) is 0 Å². The lowest BCUT2D eigenvalue weighted by atomic mass is 10.2. The van der Waals surface area contributed by atoms with Crippen molar-refractivity contribution in [3.05, 3.63) is 64.0 Å². The fourth-order valence-electron chi connectivity index (χ4n) is 2.51. The van der Waals surface area contributed by atoms with E-state index in [1.54, 1.807) is 19.1 Å². The lowest BCUT2D eigenvalue weighted by molar-refractivity contribution is -0.149. The Morgan fingerprint density at radius 1 is 1.10 bits per heavy atom. The minimum Gasteiger partial charge on any atom is -0.478 e. The number of benzene rings is 2. The monoisotopic (exact) mass is 436 g/mol. The molecule has 0 aliphatic carbocycles. The highest BCUT2D eigenvalue weighted by Gasteiger charge is 2.16. The van der Waals surface area contributed by atoms with Crippen LogP contribution in [0.3, 0.4) is 0 Å². The maximum absolute atomic E-state index is 13.1. The molecule has 1 N–H and O–H groups in total. The number of fused-ring (bicyclic) bond motifs is 1. The maximum Gasteiger partial charge on any atom is 0.344 e. The third-order valence-electron chi connectivity index (χ3n) is 3.78. The second-order valence-electron chi connectivity index (χ2n) is 6.03. The zero-order chi connectivity index (χ0) is 21.0. The molecule has 0 spiro atoms. The van der Waals surface area contributed by atoms with Crippen molar-refractivity contribution in [3.63, 3.8) is 0 Å². The van der Waals surface area contributed by atoms with Gasteiger partial charge in [0.05, 0.1) is 10.0 Å². The molecule has 1 heterocycles.